The Morgan fingerprint density at radius 1 is 0.895 bits per heavy atom. The molecule has 1 fully saturated rings. The van der Waals surface area contributed by atoms with Crippen LogP contribution in [0.5, 0.6) is 0 Å². The van der Waals surface area contributed by atoms with E-state index in [1.165, 1.54) is 38.5 Å². The van der Waals surface area contributed by atoms with Crippen LogP contribution in [0.4, 0.5) is 0 Å². The number of hydrogen-bond acceptors (Lipinski definition) is 2. The van der Waals surface area contributed by atoms with Crippen LogP contribution in [0.15, 0.2) is 0 Å². The largest absolute Gasteiger partial charge is 0.389 e. The van der Waals surface area contributed by atoms with E-state index in [0.29, 0.717) is 5.41 Å². The number of aliphatic hydroxyl groups is 1. The van der Waals surface area contributed by atoms with Gasteiger partial charge in [0.15, 0.2) is 0 Å². The van der Waals surface area contributed by atoms with Crippen molar-refractivity contribution in [3.8, 4) is 0 Å². The average molecular weight is 269 g/mol. The third-order valence-corrected chi connectivity index (χ3v) is 4.70. The zero-order valence-electron chi connectivity index (χ0n) is 13.4. The van der Waals surface area contributed by atoms with Crippen molar-refractivity contribution in [1.29, 1.82) is 0 Å². The molecule has 1 aliphatic rings. The zero-order chi connectivity index (χ0) is 14.2. The van der Waals surface area contributed by atoms with Gasteiger partial charge in [-0.15, -0.1) is 0 Å². The molecule has 0 aliphatic heterocycles. The lowest BCUT2D eigenvalue weighted by Crippen LogP contribution is -2.45. The Morgan fingerprint density at radius 2 is 1.47 bits per heavy atom. The number of nitrogens with one attached hydrogen (secondary N) is 1. The summed E-state index contributed by atoms with van der Waals surface area (Å²) in [7, 11) is 0. The van der Waals surface area contributed by atoms with Crippen LogP contribution in [0.3, 0.4) is 0 Å². The van der Waals surface area contributed by atoms with Crippen LogP contribution in [0.1, 0.15) is 85.0 Å². The number of hydrogen-bond donors (Lipinski definition) is 2. The molecule has 0 aromatic carbocycles. The van der Waals surface area contributed by atoms with Crippen molar-refractivity contribution in [3.05, 3.63) is 0 Å². The second kappa shape index (κ2) is 8.26. The van der Waals surface area contributed by atoms with Gasteiger partial charge in [-0.1, -0.05) is 52.9 Å². The minimum absolute atomic E-state index is 0.433. The maximum absolute atomic E-state index is 10.5. The predicted molar refractivity (Wildman–Crippen MR) is 83.4 cm³/mol. The molecule has 0 atom stereocenters. The van der Waals surface area contributed by atoms with E-state index in [-0.39, 0.29) is 0 Å². The molecule has 1 saturated carbocycles. The molecule has 1 rings (SSSR count). The first kappa shape index (κ1) is 17.0. The van der Waals surface area contributed by atoms with Gasteiger partial charge in [0.1, 0.15) is 0 Å². The molecule has 0 amide bonds. The molecule has 0 spiro atoms. The second-order valence-electron chi connectivity index (χ2n) is 7.33. The van der Waals surface area contributed by atoms with Crippen molar-refractivity contribution in [1.82, 2.24) is 5.32 Å². The molecule has 0 aromatic rings. The van der Waals surface area contributed by atoms with Crippen molar-refractivity contribution >= 4 is 0 Å². The summed E-state index contributed by atoms with van der Waals surface area (Å²) in [5.74, 6) is 0. The zero-order valence-corrected chi connectivity index (χ0v) is 13.4. The highest BCUT2D eigenvalue weighted by molar-refractivity contribution is 4.90. The summed E-state index contributed by atoms with van der Waals surface area (Å²) in [5, 5.41) is 14.0. The average Bonchev–Trinajstić information content (AvgIpc) is 2.37. The molecule has 0 heterocycles. The Kier molecular flexibility index (Phi) is 7.38. The van der Waals surface area contributed by atoms with Crippen LogP contribution >= 0.6 is 0 Å². The second-order valence-corrected chi connectivity index (χ2v) is 7.33. The van der Waals surface area contributed by atoms with Crippen molar-refractivity contribution < 1.29 is 5.11 Å². The van der Waals surface area contributed by atoms with Crippen LogP contribution in [0, 0.1) is 5.41 Å². The van der Waals surface area contributed by atoms with Crippen molar-refractivity contribution in [3.63, 3.8) is 0 Å². The van der Waals surface area contributed by atoms with Gasteiger partial charge in [-0.25, -0.2) is 0 Å². The minimum Gasteiger partial charge on any atom is -0.389 e. The van der Waals surface area contributed by atoms with Gasteiger partial charge in [-0.05, 0) is 44.1 Å². The maximum atomic E-state index is 10.5. The van der Waals surface area contributed by atoms with Gasteiger partial charge in [-0.2, -0.15) is 0 Å². The van der Waals surface area contributed by atoms with Crippen LogP contribution < -0.4 is 5.32 Å². The topological polar surface area (TPSA) is 32.3 Å². The third kappa shape index (κ3) is 7.31. The quantitative estimate of drug-likeness (QED) is 0.613. The number of rotatable bonds is 9. The fraction of sp³-hybridized carbons (Fsp3) is 1.00. The van der Waals surface area contributed by atoms with Crippen LogP contribution in [-0.2, 0) is 0 Å². The summed E-state index contributed by atoms with van der Waals surface area (Å²) >= 11 is 0. The fourth-order valence-electron chi connectivity index (χ4n) is 2.92. The minimum atomic E-state index is -0.433. The van der Waals surface area contributed by atoms with Gasteiger partial charge >= 0.3 is 0 Å². The Hall–Kier alpha value is -0.0800. The van der Waals surface area contributed by atoms with Crippen LogP contribution in [0.2, 0.25) is 0 Å². The van der Waals surface area contributed by atoms with Crippen molar-refractivity contribution in [2.24, 2.45) is 5.41 Å². The first-order chi connectivity index (χ1) is 8.97. The molecule has 2 nitrogen and oxygen atoms in total. The van der Waals surface area contributed by atoms with E-state index >= 15 is 0 Å². The lowest BCUT2D eigenvalue weighted by Gasteiger charge is -2.40. The lowest BCUT2D eigenvalue weighted by molar-refractivity contribution is -0.0242. The van der Waals surface area contributed by atoms with Gasteiger partial charge in [-0.3, -0.25) is 0 Å². The summed E-state index contributed by atoms with van der Waals surface area (Å²) in [5.41, 5.74) is 0.00321. The van der Waals surface area contributed by atoms with Crippen molar-refractivity contribution in [2.75, 3.05) is 13.1 Å². The summed E-state index contributed by atoms with van der Waals surface area (Å²) in [6.07, 6.45) is 12.3. The molecule has 2 heteroatoms. The standard InChI is InChI=1S/C17H35NO/c1-4-5-6-7-8-9-14-18-15-17(19)12-10-16(2,3)11-13-17/h18-19H,4-15H2,1-3H3. The summed E-state index contributed by atoms with van der Waals surface area (Å²) in [4.78, 5) is 0. The van der Waals surface area contributed by atoms with E-state index in [1.807, 2.05) is 0 Å². The van der Waals surface area contributed by atoms with Gasteiger partial charge in [0.25, 0.3) is 0 Å². The molecule has 114 valence electrons. The normalized spacial score (nSPS) is 21.5. The van der Waals surface area contributed by atoms with Gasteiger partial charge < -0.3 is 10.4 Å². The van der Waals surface area contributed by atoms with E-state index in [9.17, 15) is 5.11 Å². The van der Waals surface area contributed by atoms with Crippen molar-refractivity contribution in [2.45, 2.75) is 90.6 Å². The molecular weight excluding hydrogens is 234 g/mol. The van der Waals surface area contributed by atoms with E-state index < -0.39 is 5.60 Å². The van der Waals surface area contributed by atoms with E-state index in [2.05, 4.69) is 26.1 Å². The van der Waals surface area contributed by atoms with E-state index in [0.717, 1.165) is 38.8 Å². The first-order valence-electron chi connectivity index (χ1n) is 8.41. The Balaban J connectivity index is 2.00. The molecule has 2 N–H and O–H groups in total. The fourth-order valence-corrected chi connectivity index (χ4v) is 2.92. The molecule has 1 aliphatic carbocycles. The Bertz CT molecular complexity index is 227. The van der Waals surface area contributed by atoms with E-state index in [1.54, 1.807) is 0 Å². The highest BCUT2D eigenvalue weighted by Gasteiger charge is 2.36. The summed E-state index contributed by atoms with van der Waals surface area (Å²) < 4.78 is 0. The first-order valence-corrected chi connectivity index (χ1v) is 8.41. The monoisotopic (exact) mass is 269 g/mol. The lowest BCUT2D eigenvalue weighted by atomic mass is 9.71. The van der Waals surface area contributed by atoms with Gasteiger partial charge in [0, 0.05) is 6.54 Å². The van der Waals surface area contributed by atoms with Crippen LogP contribution in [0.25, 0.3) is 0 Å². The molecule has 0 aromatic heterocycles. The maximum Gasteiger partial charge on any atom is 0.0772 e. The molecule has 0 unspecified atom stereocenters. The molecular formula is C17H35NO. The SMILES string of the molecule is CCCCCCCCNCC1(O)CCC(C)(C)CC1. The highest BCUT2D eigenvalue weighted by atomic mass is 16.3. The molecule has 0 saturated heterocycles. The predicted octanol–water partition coefficient (Wildman–Crippen LogP) is 4.27. The molecule has 0 bridgehead atoms. The van der Waals surface area contributed by atoms with E-state index in [4.69, 9.17) is 0 Å². The number of unbranched alkanes of at least 4 members (excludes halogenated alkanes) is 5. The van der Waals surface area contributed by atoms with Crippen LogP contribution in [-0.4, -0.2) is 23.8 Å². The molecule has 0 radical (unpaired) electrons. The summed E-state index contributed by atoms with van der Waals surface area (Å²) in [6.45, 7) is 8.75. The summed E-state index contributed by atoms with van der Waals surface area (Å²) in [6, 6.07) is 0. The van der Waals surface area contributed by atoms with Gasteiger partial charge in [0.05, 0.1) is 5.60 Å². The molecule has 19 heavy (non-hydrogen) atoms. The smallest absolute Gasteiger partial charge is 0.0772 e. The Labute approximate surface area is 120 Å². The Morgan fingerprint density at radius 3 is 2.11 bits per heavy atom. The highest BCUT2D eigenvalue weighted by Crippen LogP contribution is 2.39. The third-order valence-electron chi connectivity index (χ3n) is 4.70. The van der Waals surface area contributed by atoms with Gasteiger partial charge in [0.2, 0.25) is 0 Å².